The van der Waals surface area contributed by atoms with E-state index in [1.165, 1.54) is 6.20 Å². The molecule has 0 aliphatic carbocycles. The summed E-state index contributed by atoms with van der Waals surface area (Å²) in [7, 11) is 0. The van der Waals surface area contributed by atoms with Crippen LogP contribution >= 0.6 is 0 Å². The van der Waals surface area contributed by atoms with Crippen LogP contribution in [0.15, 0.2) is 30.5 Å². The zero-order valence-electron chi connectivity index (χ0n) is 8.32. The number of nitrogens with one attached hydrogen (secondary N) is 1. The van der Waals surface area contributed by atoms with Gasteiger partial charge in [0.1, 0.15) is 0 Å². The molecule has 0 saturated heterocycles. The van der Waals surface area contributed by atoms with E-state index in [9.17, 15) is 4.79 Å². The molecule has 1 heterocycles. The van der Waals surface area contributed by atoms with Crippen molar-refractivity contribution in [3.05, 3.63) is 47.2 Å². The maximum atomic E-state index is 11.9. The average molecular weight is 201 g/mol. The summed E-state index contributed by atoms with van der Waals surface area (Å²) in [6.07, 6.45) is 1.51. The van der Waals surface area contributed by atoms with Crippen molar-refractivity contribution in [2.75, 3.05) is 5.73 Å². The van der Waals surface area contributed by atoms with Gasteiger partial charge in [-0.25, -0.2) is 0 Å². The molecule has 4 heteroatoms. The number of ketones is 1. The summed E-state index contributed by atoms with van der Waals surface area (Å²) in [6, 6.07) is 7.38. The van der Waals surface area contributed by atoms with Crippen molar-refractivity contribution in [3.8, 4) is 0 Å². The molecule has 0 aliphatic rings. The Morgan fingerprint density at radius 3 is 2.87 bits per heavy atom. The molecule has 0 amide bonds. The van der Waals surface area contributed by atoms with Gasteiger partial charge in [0.05, 0.1) is 5.56 Å². The number of anilines is 1. The molecule has 1 aromatic carbocycles. The molecule has 1 aromatic heterocycles. The Morgan fingerprint density at radius 1 is 1.47 bits per heavy atom. The third-order valence-electron chi connectivity index (χ3n) is 2.19. The summed E-state index contributed by atoms with van der Waals surface area (Å²) >= 11 is 0. The number of carbonyl (C=O) groups excluding carboxylic acids is 1. The standard InChI is InChI=1S/C11H11N3O/c1-7-3-2-4-8(5-7)10(15)9-6-13-14-11(9)12/h2-6H,1H3,(H3,12,13,14). The van der Waals surface area contributed by atoms with E-state index < -0.39 is 0 Å². The van der Waals surface area contributed by atoms with Crippen molar-refractivity contribution < 1.29 is 4.79 Å². The molecule has 0 atom stereocenters. The van der Waals surface area contributed by atoms with Crippen LogP contribution in [0.2, 0.25) is 0 Å². The van der Waals surface area contributed by atoms with Gasteiger partial charge in [0.25, 0.3) is 0 Å². The highest BCUT2D eigenvalue weighted by atomic mass is 16.1. The summed E-state index contributed by atoms with van der Waals surface area (Å²) in [5, 5.41) is 6.29. The minimum atomic E-state index is -0.107. The van der Waals surface area contributed by atoms with E-state index in [0.29, 0.717) is 11.1 Å². The summed E-state index contributed by atoms with van der Waals surface area (Å²) in [5.74, 6) is 0.131. The van der Waals surface area contributed by atoms with Crippen molar-refractivity contribution in [1.82, 2.24) is 10.2 Å². The van der Waals surface area contributed by atoms with Crippen LogP contribution < -0.4 is 5.73 Å². The molecule has 0 bridgehead atoms. The number of aryl methyl sites for hydroxylation is 1. The average Bonchev–Trinajstić information content (AvgIpc) is 2.63. The number of rotatable bonds is 2. The van der Waals surface area contributed by atoms with Gasteiger partial charge in [-0.3, -0.25) is 9.89 Å². The van der Waals surface area contributed by atoms with E-state index in [0.717, 1.165) is 5.56 Å². The van der Waals surface area contributed by atoms with Crippen molar-refractivity contribution in [2.45, 2.75) is 6.92 Å². The van der Waals surface area contributed by atoms with Crippen LogP contribution in [0.25, 0.3) is 0 Å². The minimum Gasteiger partial charge on any atom is -0.382 e. The Kier molecular flexibility index (Phi) is 2.25. The highest BCUT2D eigenvalue weighted by Crippen LogP contribution is 2.14. The lowest BCUT2D eigenvalue weighted by Gasteiger charge is -2.00. The van der Waals surface area contributed by atoms with Crippen molar-refractivity contribution in [1.29, 1.82) is 0 Å². The smallest absolute Gasteiger partial charge is 0.198 e. The molecule has 0 saturated carbocycles. The Labute approximate surface area is 87.1 Å². The number of hydrogen-bond donors (Lipinski definition) is 2. The van der Waals surface area contributed by atoms with Crippen molar-refractivity contribution in [2.24, 2.45) is 0 Å². The first-order valence-corrected chi connectivity index (χ1v) is 4.59. The summed E-state index contributed by atoms with van der Waals surface area (Å²) in [5.41, 5.74) is 7.64. The predicted octanol–water partition coefficient (Wildman–Crippen LogP) is 1.53. The minimum absolute atomic E-state index is 0.107. The van der Waals surface area contributed by atoms with Gasteiger partial charge in [-0.05, 0) is 13.0 Å². The summed E-state index contributed by atoms with van der Waals surface area (Å²) in [4.78, 5) is 11.9. The summed E-state index contributed by atoms with van der Waals surface area (Å²) < 4.78 is 0. The van der Waals surface area contributed by atoms with Gasteiger partial charge < -0.3 is 5.73 Å². The Morgan fingerprint density at radius 2 is 2.27 bits per heavy atom. The number of nitrogens with two attached hydrogens (primary N) is 1. The van der Waals surface area contributed by atoms with Crippen LogP contribution in [0, 0.1) is 6.92 Å². The first-order valence-electron chi connectivity index (χ1n) is 4.59. The van der Waals surface area contributed by atoms with Gasteiger partial charge in [-0.2, -0.15) is 5.10 Å². The highest BCUT2D eigenvalue weighted by Gasteiger charge is 2.13. The van der Waals surface area contributed by atoms with Crippen LogP contribution in [-0.2, 0) is 0 Å². The largest absolute Gasteiger partial charge is 0.382 e. The van der Waals surface area contributed by atoms with Gasteiger partial charge in [0.2, 0.25) is 0 Å². The maximum Gasteiger partial charge on any atom is 0.198 e. The zero-order chi connectivity index (χ0) is 10.8. The van der Waals surface area contributed by atoms with Crippen LogP contribution in [0.5, 0.6) is 0 Å². The lowest BCUT2D eigenvalue weighted by atomic mass is 10.0. The molecular weight excluding hydrogens is 190 g/mol. The van der Waals surface area contributed by atoms with Crippen molar-refractivity contribution >= 4 is 11.6 Å². The first-order chi connectivity index (χ1) is 7.18. The van der Waals surface area contributed by atoms with Crippen LogP contribution in [0.1, 0.15) is 21.5 Å². The molecule has 0 fully saturated rings. The second kappa shape index (κ2) is 3.57. The van der Waals surface area contributed by atoms with Gasteiger partial charge in [0.15, 0.2) is 11.6 Å². The molecule has 15 heavy (non-hydrogen) atoms. The molecular formula is C11H11N3O. The predicted molar refractivity (Wildman–Crippen MR) is 57.6 cm³/mol. The molecule has 0 radical (unpaired) electrons. The summed E-state index contributed by atoms with van der Waals surface area (Å²) in [6.45, 7) is 1.94. The molecule has 4 nitrogen and oxygen atoms in total. The Balaban J connectivity index is 2.41. The van der Waals surface area contributed by atoms with Crippen LogP contribution in [0.3, 0.4) is 0 Å². The lowest BCUT2D eigenvalue weighted by molar-refractivity contribution is 0.103. The van der Waals surface area contributed by atoms with Gasteiger partial charge in [0, 0.05) is 11.8 Å². The number of benzene rings is 1. The monoisotopic (exact) mass is 201 g/mol. The quantitative estimate of drug-likeness (QED) is 0.724. The molecule has 2 aromatic rings. The normalized spacial score (nSPS) is 10.2. The first kappa shape index (κ1) is 9.45. The van der Waals surface area contributed by atoms with Gasteiger partial charge in [-0.15, -0.1) is 0 Å². The SMILES string of the molecule is Cc1cccc(C(=O)c2c[nH]nc2N)c1. The van der Waals surface area contributed by atoms with E-state index in [-0.39, 0.29) is 11.6 Å². The number of H-pyrrole nitrogens is 1. The second-order valence-electron chi connectivity index (χ2n) is 3.38. The van der Waals surface area contributed by atoms with Crippen LogP contribution in [0.4, 0.5) is 5.82 Å². The molecule has 2 rings (SSSR count). The molecule has 0 unspecified atom stereocenters. The fraction of sp³-hybridized carbons (Fsp3) is 0.0909. The lowest BCUT2D eigenvalue weighted by Crippen LogP contribution is -2.03. The molecule has 0 spiro atoms. The molecule has 3 N–H and O–H groups in total. The highest BCUT2D eigenvalue weighted by molar-refractivity contribution is 6.11. The molecule has 0 aliphatic heterocycles. The third kappa shape index (κ3) is 1.74. The Bertz CT molecular complexity index is 502. The number of aromatic amines is 1. The number of hydrogen-bond acceptors (Lipinski definition) is 3. The number of nitrogens with zero attached hydrogens (tertiary/aromatic N) is 1. The Hall–Kier alpha value is -2.10. The van der Waals surface area contributed by atoms with E-state index in [1.807, 2.05) is 25.1 Å². The van der Waals surface area contributed by atoms with Gasteiger partial charge >= 0.3 is 0 Å². The van der Waals surface area contributed by atoms with E-state index in [2.05, 4.69) is 10.2 Å². The fourth-order valence-corrected chi connectivity index (χ4v) is 1.42. The van der Waals surface area contributed by atoms with E-state index in [4.69, 9.17) is 5.73 Å². The van der Waals surface area contributed by atoms with E-state index >= 15 is 0 Å². The van der Waals surface area contributed by atoms with Crippen LogP contribution in [-0.4, -0.2) is 16.0 Å². The number of nitrogen functional groups attached to an aromatic ring is 1. The molecule has 76 valence electrons. The topological polar surface area (TPSA) is 71.8 Å². The fourth-order valence-electron chi connectivity index (χ4n) is 1.42. The maximum absolute atomic E-state index is 11.9. The van der Waals surface area contributed by atoms with Gasteiger partial charge in [-0.1, -0.05) is 23.8 Å². The number of carbonyl (C=O) groups is 1. The second-order valence-corrected chi connectivity index (χ2v) is 3.38. The van der Waals surface area contributed by atoms with Crippen molar-refractivity contribution in [3.63, 3.8) is 0 Å². The zero-order valence-corrected chi connectivity index (χ0v) is 8.32. The number of aromatic nitrogens is 2. The third-order valence-corrected chi connectivity index (χ3v) is 2.19. The van der Waals surface area contributed by atoms with E-state index in [1.54, 1.807) is 6.07 Å².